The van der Waals surface area contributed by atoms with E-state index >= 15 is 0 Å². The van der Waals surface area contributed by atoms with Crippen LogP contribution in [0.4, 0.5) is 0 Å². The van der Waals surface area contributed by atoms with E-state index in [1.165, 1.54) is 11.3 Å². The second-order valence-electron chi connectivity index (χ2n) is 4.84. The van der Waals surface area contributed by atoms with E-state index in [2.05, 4.69) is 43.3 Å². The number of aromatic nitrogens is 2. The molecule has 1 rings (SSSR count). The monoisotopic (exact) mass is 221 g/mol. The Hall–Kier alpha value is -1.09. The van der Waals surface area contributed by atoms with Gasteiger partial charge in [-0.3, -0.25) is 0 Å². The van der Waals surface area contributed by atoms with Gasteiger partial charge in [0, 0.05) is 30.9 Å². The van der Waals surface area contributed by atoms with Crippen molar-refractivity contribution in [3.63, 3.8) is 0 Å². The molecule has 0 saturated heterocycles. The predicted molar refractivity (Wildman–Crippen MR) is 68.3 cm³/mol. The van der Waals surface area contributed by atoms with Gasteiger partial charge in [0.15, 0.2) is 0 Å². The van der Waals surface area contributed by atoms with Crippen LogP contribution in [0, 0.1) is 5.92 Å². The molecule has 2 N–H and O–H groups in total. The lowest BCUT2D eigenvalue weighted by Gasteiger charge is -2.20. The second kappa shape index (κ2) is 5.85. The average molecular weight is 221 g/mol. The molecule has 0 spiro atoms. The highest BCUT2D eigenvalue weighted by Crippen LogP contribution is 2.22. The molecule has 1 aromatic rings. The van der Waals surface area contributed by atoms with Crippen LogP contribution in [-0.4, -0.2) is 16.1 Å². The Morgan fingerprint density at radius 1 is 1.50 bits per heavy atom. The number of allylic oxidation sites excluding steroid dienone is 2. The lowest BCUT2D eigenvalue weighted by atomic mass is 9.93. The molecule has 0 bridgehead atoms. The molecule has 0 aromatic carbocycles. The zero-order valence-electron chi connectivity index (χ0n) is 10.8. The zero-order valence-corrected chi connectivity index (χ0v) is 10.8. The maximum Gasteiger partial charge on any atom is 0.0951 e. The van der Waals surface area contributed by atoms with Crippen LogP contribution in [0.3, 0.4) is 0 Å². The topological polar surface area (TPSA) is 43.8 Å². The van der Waals surface area contributed by atoms with E-state index < -0.39 is 0 Å². The lowest BCUT2D eigenvalue weighted by Crippen LogP contribution is -2.20. The number of nitrogens with zero attached hydrogens (tertiary/aromatic N) is 2. The van der Waals surface area contributed by atoms with Crippen LogP contribution < -0.4 is 5.73 Å². The van der Waals surface area contributed by atoms with Crippen LogP contribution in [0.5, 0.6) is 0 Å². The molecule has 0 aliphatic carbocycles. The van der Waals surface area contributed by atoms with E-state index in [1.54, 1.807) is 0 Å². The van der Waals surface area contributed by atoms with Crippen molar-refractivity contribution >= 4 is 0 Å². The van der Waals surface area contributed by atoms with Crippen molar-refractivity contribution in [1.29, 1.82) is 0 Å². The summed E-state index contributed by atoms with van der Waals surface area (Å²) in [5.74, 6) is 0.945. The molecule has 1 aromatic heterocycles. The van der Waals surface area contributed by atoms with Gasteiger partial charge in [-0.05, 0) is 19.8 Å². The summed E-state index contributed by atoms with van der Waals surface area (Å²) in [5, 5.41) is 0. The molecule has 0 aliphatic rings. The maximum absolute atomic E-state index is 5.83. The first-order valence-corrected chi connectivity index (χ1v) is 5.89. The quantitative estimate of drug-likeness (QED) is 0.777. The molecule has 0 aliphatic heterocycles. The number of imidazole rings is 1. The molecule has 3 heteroatoms. The van der Waals surface area contributed by atoms with Crippen molar-refractivity contribution < 1.29 is 0 Å². The molecular formula is C13H23N3. The largest absolute Gasteiger partial charge is 0.330 e. The number of hydrogen-bond acceptors (Lipinski definition) is 2. The molecule has 0 fully saturated rings. The van der Waals surface area contributed by atoms with Crippen molar-refractivity contribution in [3.8, 4) is 0 Å². The first-order valence-electron chi connectivity index (χ1n) is 5.89. The molecule has 0 radical (unpaired) electrons. The zero-order chi connectivity index (χ0) is 12.1. The Balaban J connectivity index is 2.88. The van der Waals surface area contributed by atoms with Crippen LogP contribution in [0.15, 0.2) is 24.2 Å². The maximum atomic E-state index is 5.83. The highest BCUT2D eigenvalue weighted by Gasteiger charge is 2.17. The fraction of sp³-hybridized carbons (Fsp3) is 0.615. The van der Waals surface area contributed by atoms with Gasteiger partial charge in [-0.1, -0.05) is 25.5 Å². The smallest absolute Gasteiger partial charge is 0.0951 e. The summed E-state index contributed by atoms with van der Waals surface area (Å²) < 4.78 is 2.19. The third-order valence-electron chi connectivity index (χ3n) is 2.88. The molecule has 1 atom stereocenters. The molecule has 1 heterocycles. The normalized spacial score (nSPS) is 12.9. The number of rotatable bonds is 5. The van der Waals surface area contributed by atoms with E-state index in [0.717, 1.165) is 6.54 Å². The van der Waals surface area contributed by atoms with Gasteiger partial charge in [-0.15, -0.1) is 0 Å². The van der Waals surface area contributed by atoms with Crippen molar-refractivity contribution in [2.24, 2.45) is 11.7 Å². The van der Waals surface area contributed by atoms with Gasteiger partial charge in [0.2, 0.25) is 0 Å². The molecule has 16 heavy (non-hydrogen) atoms. The Morgan fingerprint density at radius 3 is 2.69 bits per heavy atom. The average Bonchev–Trinajstić information content (AvgIpc) is 2.63. The van der Waals surface area contributed by atoms with Crippen LogP contribution in [-0.2, 0) is 6.54 Å². The molecule has 0 saturated carbocycles. The first kappa shape index (κ1) is 13.0. The summed E-state index contributed by atoms with van der Waals surface area (Å²) in [6.07, 6.45) is 6.04. The number of hydrogen-bond donors (Lipinski definition) is 1. The minimum atomic E-state index is 0.396. The third kappa shape index (κ3) is 3.20. The summed E-state index contributed by atoms with van der Waals surface area (Å²) in [6, 6.07) is 0. The molecule has 90 valence electrons. The van der Waals surface area contributed by atoms with E-state index in [-0.39, 0.29) is 0 Å². The van der Waals surface area contributed by atoms with Gasteiger partial charge in [0.1, 0.15) is 0 Å². The Kier molecular flexibility index (Phi) is 4.74. The van der Waals surface area contributed by atoms with Crippen molar-refractivity contribution in [3.05, 3.63) is 29.9 Å². The second-order valence-corrected chi connectivity index (χ2v) is 4.84. The Morgan fingerprint density at radius 2 is 2.19 bits per heavy atom. The van der Waals surface area contributed by atoms with Crippen molar-refractivity contribution in [1.82, 2.24) is 9.55 Å². The predicted octanol–water partition coefficient (Wildman–Crippen LogP) is 2.55. The van der Waals surface area contributed by atoms with Crippen LogP contribution in [0.25, 0.3) is 0 Å². The Bertz CT molecular complexity index is 346. The van der Waals surface area contributed by atoms with Gasteiger partial charge in [-0.2, -0.15) is 0 Å². The van der Waals surface area contributed by atoms with Crippen LogP contribution in [0.2, 0.25) is 0 Å². The Labute approximate surface area is 98.4 Å². The van der Waals surface area contributed by atoms with Crippen molar-refractivity contribution in [2.45, 2.75) is 40.2 Å². The minimum absolute atomic E-state index is 0.396. The van der Waals surface area contributed by atoms with Crippen LogP contribution >= 0.6 is 0 Å². The van der Waals surface area contributed by atoms with Gasteiger partial charge in [0.25, 0.3) is 0 Å². The number of nitrogens with two attached hydrogens (primary N) is 1. The third-order valence-corrected chi connectivity index (χ3v) is 2.88. The van der Waals surface area contributed by atoms with Crippen molar-refractivity contribution in [2.75, 3.05) is 6.54 Å². The lowest BCUT2D eigenvalue weighted by molar-refractivity contribution is 0.479. The fourth-order valence-electron chi connectivity index (χ4n) is 1.81. The highest BCUT2D eigenvalue weighted by molar-refractivity contribution is 5.09. The highest BCUT2D eigenvalue weighted by atomic mass is 15.0. The summed E-state index contributed by atoms with van der Waals surface area (Å²) >= 11 is 0. The molecular weight excluding hydrogens is 198 g/mol. The summed E-state index contributed by atoms with van der Waals surface area (Å²) in [7, 11) is 0. The van der Waals surface area contributed by atoms with E-state index in [4.69, 9.17) is 5.73 Å². The molecule has 0 amide bonds. The molecule has 3 nitrogen and oxygen atoms in total. The van der Waals surface area contributed by atoms with Gasteiger partial charge in [-0.25, -0.2) is 4.98 Å². The van der Waals surface area contributed by atoms with E-state index in [9.17, 15) is 0 Å². The standard InChI is InChI=1S/C13H23N3/c1-10(2)5-6-16-9-15-8-13(16)12(7-14)11(3)4/h5,8-9,11-12H,6-7,14H2,1-4H3. The van der Waals surface area contributed by atoms with Gasteiger partial charge < -0.3 is 10.3 Å². The summed E-state index contributed by atoms with van der Waals surface area (Å²) in [6.45, 7) is 10.2. The van der Waals surface area contributed by atoms with E-state index in [1.807, 2.05) is 12.5 Å². The van der Waals surface area contributed by atoms with Gasteiger partial charge in [0.05, 0.1) is 6.33 Å². The first-order chi connectivity index (χ1) is 7.56. The SMILES string of the molecule is CC(C)=CCn1cncc1C(CN)C(C)C. The van der Waals surface area contributed by atoms with E-state index in [0.29, 0.717) is 18.4 Å². The summed E-state index contributed by atoms with van der Waals surface area (Å²) in [5.41, 5.74) is 8.41. The summed E-state index contributed by atoms with van der Waals surface area (Å²) in [4.78, 5) is 4.23. The minimum Gasteiger partial charge on any atom is -0.330 e. The molecule has 1 unspecified atom stereocenters. The van der Waals surface area contributed by atoms with Crippen LogP contribution in [0.1, 0.15) is 39.3 Å². The fourth-order valence-corrected chi connectivity index (χ4v) is 1.81. The van der Waals surface area contributed by atoms with Gasteiger partial charge >= 0.3 is 0 Å².